The van der Waals surface area contributed by atoms with Gasteiger partial charge in [0.1, 0.15) is 16.9 Å². The van der Waals surface area contributed by atoms with Crippen molar-refractivity contribution < 1.29 is 19.1 Å². The van der Waals surface area contributed by atoms with E-state index in [0.717, 1.165) is 0 Å². The number of nitrogens with zero attached hydrogens (tertiary/aromatic N) is 1. The molecule has 0 aliphatic heterocycles. The van der Waals surface area contributed by atoms with E-state index >= 15 is 0 Å². The first-order chi connectivity index (χ1) is 12.4. The van der Waals surface area contributed by atoms with Crippen molar-refractivity contribution in [2.24, 2.45) is 0 Å². The molecule has 0 bridgehead atoms. The molecular weight excluding hydrogens is 355 g/mol. The Hall–Kier alpha value is -3.06. The fraction of sp³-hybridized carbons (Fsp3) is 0.105. The van der Waals surface area contributed by atoms with Gasteiger partial charge in [0.2, 0.25) is 5.91 Å². The van der Waals surface area contributed by atoms with Gasteiger partial charge in [0.25, 0.3) is 0 Å². The van der Waals surface area contributed by atoms with E-state index in [4.69, 9.17) is 5.11 Å². The number of carbonyl (C=O) groups is 2. The predicted molar refractivity (Wildman–Crippen MR) is 96.6 cm³/mol. The number of carbonyl (C=O) groups excluding carboxylic acids is 1. The van der Waals surface area contributed by atoms with E-state index < -0.39 is 17.8 Å². The average Bonchev–Trinajstić information content (AvgIpc) is 3.09. The van der Waals surface area contributed by atoms with E-state index in [-0.39, 0.29) is 11.5 Å². The number of hydrogen-bond acceptors (Lipinski definition) is 4. The zero-order chi connectivity index (χ0) is 18.7. The van der Waals surface area contributed by atoms with Gasteiger partial charge in [0, 0.05) is 17.9 Å². The minimum atomic E-state index is -1.02. The minimum Gasteiger partial charge on any atom is -0.478 e. The molecule has 2 N–H and O–H groups in total. The van der Waals surface area contributed by atoms with Gasteiger partial charge in [-0.25, -0.2) is 14.2 Å². The molecule has 3 aromatic rings. The Morgan fingerprint density at radius 2 is 1.96 bits per heavy atom. The summed E-state index contributed by atoms with van der Waals surface area (Å²) in [4.78, 5) is 27.3. The van der Waals surface area contributed by atoms with E-state index in [2.05, 4.69) is 10.3 Å². The van der Waals surface area contributed by atoms with Crippen LogP contribution in [-0.2, 0) is 4.79 Å². The van der Waals surface area contributed by atoms with Crippen molar-refractivity contribution in [2.75, 3.05) is 0 Å². The van der Waals surface area contributed by atoms with E-state index in [0.29, 0.717) is 21.8 Å². The number of hydrogen-bond donors (Lipinski definition) is 2. The molecule has 1 atom stereocenters. The maximum absolute atomic E-state index is 13.6. The van der Waals surface area contributed by atoms with Crippen molar-refractivity contribution in [3.8, 4) is 11.3 Å². The molecule has 1 unspecified atom stereocenters. The number of amides is 1. The number of aromatic carboxylic acids is 1. The lowest BCUT2D eigenvalue weighted by atomic mass is 10.1. The topological polar surface area (TPSA) is 79.3 Å². The van der Waals surface area contributed by atoms with Gasteiger partial charge in [-0.05, 0) is 29.8 Å². The maximum Gasteiger partial charge on any atom is 0.335 e. The van der Waals surface area contributed by atoms with Crippen LogP contribution in [0.25, 0.3) is 11.3 Å². The smallest absolute Gasteiger partial charge is 0.335 e. The molecule has 0 aliphatic rings. The number of aromatic nitrogens is 1. The summed E-state index contributed by atoms with van der Waals surface area (Å²) in [5, 5.41) is 14.3. The second-order valence-electron chi connectivity index (χ2n) is 5.65. The van der Waals surface area contributed by atoms with E-state index in [1.807, 2.05) is 0 Å². The van der Waals surface area contributed by atoms with Crippen LogP contribution in [0.2, 0.25) is 0 Å². The van der Waals surface area contributed by atoms with E-state index in [1.165, 1.54) is 42.5 Å². The molecule has 0 radical (unpaired) electrons. The third-order valence-corrected chi connectivity index (χ3v) is 4.61. The number of carboxylic acids is 1. The fourth-order valence-electron chi connectivity index (χ4n) is 2.54. The summed E-state index contributed by atoms with van der Waals surface area (Å²) in [5.74, 6) is -1.68. The zero-order valence-corrected chi connectivity index (χ0v) is 14.6. The van der Waals surface area contributed by atoms with Crippen LogP contribution in [0.3, 0.4) is 0 Å². The summed E-state index contributed by atoms with van der Waals surface area (Å²) < 4.78 is 13.6. The maximum atomic E-state index is 13.6. The van der Waals surface area contributed by atoms with Crippen molar-refractivity contribution >= 4 is 23.2 Å². The Balaban J connectivity index is 1.98. The van der Waals surface area contributed by atoms with Crippen molar-refractivity contribution in [1.29, 1.82) is 0 Å². The van der Waals surface area contributed by atoms with E-state index in [1.54, 1.807) is 29.6 Å². The Morgan fingerprint density at radius 1 is 1.19 bits per heavy atom. The number of nitrogens with one attached hydrogen (secondary N) is 1. The SMILES string of the molecule is CC(=O)NC(c1cccc(F)c1)c1nc(-c2cccc(C(=O)O)c2)cs1. The summed E-state index contributed by atoms with van der Waals surface area (Å²) in [6, 6.07) is 11.9. The Kier molecular flexibility index (Phi) is 5.09. The lowest BCUT2D eigenvalue weighted by Gasteiger charge is -2.16. The molecule has 0 fully saturated rings. The van der Waals surface area contributed by atoms with Crippen LogP contribution >= 0.6 is 11.3 Å². The summed E-state index contributed by atoms with van der Waals surface area (Å²) in [7, 11) is 0. The van der Waals surface area contributed by atoms with Gasteiger partial charge in [-0.2, -0.15) is 0 Å². The Labute approximate surface area is 153 Å². The highest BCUT2D eigenvalue weighted by Crippen LogP contribution is 2.30. The van der Waals surface area contributed by atoms with Crippen LogP contribution in [0, 0.1) is 5.82 Å². The van der Waals surface area contributed by atoms with Crippen molar-refractivity contribution in [3.63, 3.8) is 0 Å². The molecular formula is C19H15FN2O3S. The van der Waals surface area contributed by atoms with Crippen molar-refractivity contribution in [1.82, 2.24) is 10.3 Å². The highest BCUT2D eigenvalue weighted by molar-refractivity contribution is 7.10. The van der Waals surface area contributed by atoms with E-state index in [9.17, 15) is 14.0 Å². The Bertz CT molecular complexity index is 971. The molecule has 7 heteroatoms. The first-order valence-corrected chi connectivity index (χ1v) is 8.63. The second-order valence-corrected chi connectivity index (χ2v) is 6.54. The van der Waals surface area contributed by atoms with Gasteiger partial charge >= 0.3 is 5.97 Å². The fourth-order valence-corrected chi connectivity index (χ4v) is 3.44. The van der Waals surface area contributed by atoms with Crippen LogP contribution in [0.4, 0.5) is 4.39 Å². The predicted octanol–water partition coefficient (Wildman–Crippen LogP) is 3.87. The lowest BCUT2D eigenvalue weighted by Crippen LogP contribution is -2.26. The molecule has 132 valence electrons. The molecule has 1 amide bonds. The standard InChI is InChI=1S/C19H15FN2O3S/c1-11(23)21-17(13-5-3-7-15(20)9-13)18-22-16(10-26-18)12-4-2-6-14(8-12)19(24)25/h2-10,17H,1H3,(H,21,23)(H,24,25). The number of benzene rings is 2. The molecule has 26 heavy (non-hydrogen) atoms. The van der Waals surface area contributed by atoms with Gasteiger partial charge in [0.15, 0.2) is 0 Å². The monoisotopic (exact) mass is 370 g/mol. The number of thiazole rings is 1. The average molecular weight is 370 g/mol. The minimum absolute atomic E-state index is 0.167. The molecule has 0 aliphatic carbocycles. The molecule has 0 spiro atoms. The largest absolute Gasteiger partial charge is 0.478 e. The lowest BCUT2D eigenvalue weighted by molar-refractivity contribution is -0.119. The van der Waals surface area contributed by atoms with Gasteiger partial charge in [-0.1, -0.05) is 24.3 Å². The highest BCUT2D eigenvalue weighted by atomic mass is 32.1. The van der Waals surface area contributed by atoms with Crippen LogP contribution in [0.5, 0.6) is 0 Å². The van der Waals surface area contributed by atoms with Crippen LogP contribution in [0.1, 0.15) is 33.9 Å². The van der Waals surface area contributed by atoms with Gasteiger partial charge in [-0.3, -0.25) is 4.79 Å². The summed E-state index contributed by atoms with van der Waals surface area (Å²) in [6.45, 7) is 1.39. The van der Waals surface area contributed by atoms with Crippen LogP contribution in [-0.4, -0.2) is 22.0 Å². The normalized spacial score (nSPS) is 11.8. The van der Waals surface area contributed by atoms with Gasteiger partial charge in [-0.15, -0.1) is 11.3 Å². The number of rotatable bonds is 5. The van der Waals surface area contributed by atoms with Crippen LogP contribution in [0.15, 0.2) is 53.9 Å². The molecule has 0 saturated heterocycles. The molecule has 5 nitrogen and oxygen atoms in total. The first-order valence-electron chi connectivity index (χ1n) is 7.76. The third-order valence-electron chi connectivity index (χ3n) is 3.70. The van der Waals surface area contributed by atoms with Crippen molar-refractivity contribution in [2.45, 2.75) is 13.0 Å². The summed E-state index contributed by atoms with van der Waals surface area (Å²) in [5.41, 5.74) is 2.01. The molecule has 2 aromatic carbocycles. The Morgan fingerprint density at radius 3 is 2.65 bits per heavy atom. The highest BCUT2D eigenvalue weighted by Gasteiger charge is 2.20. The molecule has 1 aromatic heterocycles. The molecule has 0 saturated carbocycles. The zero-order valence-electron chi connectivity index (χ0n) is 13.8. The second kappa shape index (κ2) is 7.45. The number of carboxylic acid groups (broad SMARTS) is 1. The summed E-state index contributed by atoms with van der Waals surface area (Å²) in [6.07, 6.45) is 0. The number of halogens is 1. The van der Waals surface area contributed by atoms with Gasteiger partial charge in [0.05, 0.1) is 11.3 Å². The quantitative estimate of drug-likeness (QED) is 0.714. The van der Waals surface area contributed by atoms with Gasteiger partial charge < -0.3 is 10.4 Å². The van der Waals surface area contributed by atoms with Crippen LogP contribution < -0.4 is 5.32 Å². The summed E-state index contributed by atoms with van der Waals surface area (Å²) >= 11 is 1.31. The molecule has 3 rings (SSSR count). The molecule has 1 heterocycles. The third kappa shape index (κ3) is 3.94. The first kappa shape index (κ1) is 17.8. The van der Waals surface area contributed by atoms with Crippen molar-refractivity contribution in [3.05, 3.63) is 75.9 Å².